The van der Waals surface area contributed by atoms with Crippen LogP contribution in [0.5, 0.6) is 5.75 Å². The minimum Gasteiger partial charge on any atom is -0.497 e. The highest BCUT2D eigenvalue weighted by atomic mass is 32.2. The van der Waals surface area contributed by atoms with Crippen molar-refractivity contribution in [2.24, 2.45) is 7.05 Å². The summed E-state index contributed by atoms with van der Waals surface area (Å²) in [5.74, 6) is 1.42. The average Bonchev–Trinajstić information content (AvgIpc) is 3.17. The maximum atomic E-state index is 12.8. The molecule has 0 saturated heterocycles. The summed E-state index contributed by atoms with van der Waals surface area (Å²) < 4.78 is 33.7. The molecule has 0 unspecified atom stereocenters. The summed E-state index contributed by atoms with van der Waals surface area (Å²) in [7, 11) is -0.306. The second-order valence-electron chi connectivity index (χ2n) is 6.12. The fraction of sp³-hybridized carbons (Fsp3) is 0.105. The predicted octanol–water partition coefficient (Wildman–Crippen LogP) is 3.95. The van der Waals surface area contributed by atoms with Crippen molar-refractivity contribution in [3.05, 3.63) is 60.7 Å². The first-order valence-electron chi connectivity index (χ1n) is 8.41. The maximum absolute atomic E-state index is 12.8. The number of aryl methyl sites for hydroxylation is 1. The van der Waals surface area contributed by atoms with Crippen molar-refractivity contribution in [3.63, 3.8) is 0 Å². The molecule has 144 valence electrons. The molecule has 0 aliphatic rings. The number of benzene rings is 2. The number of aromatic amines is 1. The number of anilines is 1. The smallest absolute Gasteiger partial charge is 0.271 e. The van der Waals surface area contributed by atoms with Crippen LogP contribution in [-0.4, -0.2) is 30.5 Å². The van der Waals surface area contributed by atoms with Crippen LogP contribution in [0.3, 0.4) is 0 Å². The van der Waals surface area contributed by atoms with E-state index in [4.69, 9.17) is 4.74 Å². The highest BCUT2D eigenvalue weighted by Gasteiger charge is 2.18. The number of nitrogens with zero attached hydrogens (tertiary/aromatic N) is 2. The van der Waals surface area contributed by atoms with E-state index < -0.39 is 10.0 Å². The fourth-order valence-corrected chi connectivity index (χ4v) is 5.11. The van der Waals surface area contributed by atoms with Gasteiger partial charge in [0.05, 0.1) is 7.11 Å². The summed E-state index contributed by atoms with van der Waals surface area (Å²) in [6.07, 6.45) is 0. The van der Waals surface area contributed by atoms with Gasteiger partial charge in [-0.15, -0.1) is 16.4 Å². The fourth-order valence-electron chi connectivity index (χ4n) is 2.76. The van der Waals surface area contributed by atoms with Crippen LogP contribution in [-0.2, 0) is 17.1 Å². The Labute approximate surface area is 166 Å². The Balaban J connectivity index is 1.58. The van der Waals surface area contributed by atoms with E-state index in [1.54, 1.807) is 49.3 Å². The third-order valence-electron chi connectivity index (χ3n) is 4.11. The number of ether oxygens (including phenoxy) is 1. The van der Waals surface area contributed by atoms with Gasteiger partial charge >= 0.3 is 0 Å². The minimum atomic E-state index is -3.69. The molecule has 0 aliphatic carbocycles. The summed E-state index contributed by atoms with van der Waals surface area (Å²) in [5.41, 5.74) is 2.19. The van der Waals surface area contributed by atoms with E-state index in [1.807, 2.05) is 30.3 Å². The number of sulfonamides is 1. The Morgan fingerprint density at radius 3 is 2.57 bits per heavy atom. The van der Waals surface area contributed by atoms with Crippen LogP contribution in [0.25, 0.3) is 21.8 Å². The zero-order valence-electron chi connectivity index (χ0n) is 15.2. The van der Waals surface area contributed by atoms with Crippen LogP contribution in [0.1, 0.15) is 0 Å². The number of thiophene rings is 1. The van der Waals surface area contributed by atoms with Gasteiger partial charge in [-0.2, -0.15) is 0 Å². The van der Waals surface area contributed by atoms with Gasteiger partial charge in [0.15, 0.2) is 5.82 Å². The van der Waals surface area contributed by atoms with Gasteiger partial charge in [0, 0.05) is 23.2 Å². The molecule has 0 spiro atoms. The van der Waals surface area contributed by atoms with E-state index in [2.05, 4.69) is 14.9 Å². The summed E-state index contributed by atoms with van der Waals surface area (Å²) in [6, 6.07) is 18.0. The van der Waals surface area contributed by atoms with Crippen molar-refractivity contribution in [1.82, 2.24) is 15.0 Å². The molecule has 0 fully saturated rings. The van der Waals surface area contributed by atoms with E-state index in [9.17, 15) is 8.42 Å². The largest absolute Gasteiger partial charge is 0.497 e. The molecule has 0 atom stereocenters. The van der Waals surface area contributed by atoms with Crippen LogP contribution in [0.15, 0.2) is 64.9 Å². The van der Waals surface area contributed by atoms with Crippen LogP contribution < -0.4 is 9.46 Å². The predicted molar refractivity (Wildman–Crippen MR) is 110 cm³/mol. The molecular weight excluding hydrogens is 396 g/mol. The molecule has 0 bridgehead atoms. The second kappa shape index (κ2) is 7.17. The Morgan fingerprint density at radius 1 is 1.07 bits per heavy atom. The molecule has 2 heterocycles. The van der Waals surface area contributed by atoms with Crippen molar-refractivity contribution < 1.29 is 13.2 Å². The zero-order valence-corrected chi connectivity index (χ0v) is 16.8. The van der Waals surface area contributed by atoms with Crippen LogP contribution in [0, 0.1) is 0 Å². The quantitative estimate of drug-likeness (QED) is 0.500. The molecule has 28 heavy (non-hydrogen) atoms. The van der Waals surface area contributed by atoms with Crippen LogP contribution >= 0.6 is 11.3 Å². The molecule has 0 radical (unpaired) electrons. The third-order valence-corrected chi connectivity index (χ3v) is 7.11. The van der Waals surface area contributed by atoms with Gasteiger partial charge in [-0.3, -0.25) is 9.82 Å². The van der Waals surface area contributed by atoms with Crippen molar-refractivity contribution in [1.29, 1.82) is 0 Å². The lowest BCUT2D eigenvalue weighted by Crippen LogP contribution is -2.13. The molecule has 9 heteroatoms. The first kappa shape index (κ1) is 18.3. The summed E-state index contributed by atoms with van der Waals surface area (Å²) >= 11 is 1.21. The van der Waals surface area contributed by atoms with Crippen LogP contribution in [0.4, 0.5) is 5.69 Å². The number of nitrogens with one attached hydrogen (secondary N) is 2. The minimum absolute atomic E-state index is 0.245. The lowest BCUT2D eigenvalue weighted by Gasteiger charge is -2.11. The highest BCUT2D eigenvalue weighted by Crippen LogP contribution is 2.33. The van der Waals surface area contributed by atoms with E-state index in [1.165, 1.54) is 11.3 Å². The lowest BCUT2D eigenvalue weighted by atomic mass is 10.2. The Morgan fingerprint density at radius 2 is 1.82 bits per heavy atom. The molecule has 0 aliphatic heterocycles. The topological polar surface area (TPSA) is 89.0 Å². The molecule has 0 amide bonds. The van der Waals surface area contributed by atoms with Crippen molar-refractivity contribution in [2.45, 2.75) is 4.21 Å². The average molecular weight is 415 g/mol. The Kier molecular flexibility index (Phi) is 4.70. The number of rotatable bonds is 6. The first-order valence-corrected chi connectivity index (χ1v) is 10.7. The van der Waals surface area contributed by atoms with Gasteiger partial charge < -0.3 is 4.74 Å². The Hall–Kier alpha value is -3.04. The highest BCUT2D eigenvalue weighted by molar-refractivity contribution is 7.94. The van der Waals surface area contributed by atoms with E-state index >= 15 is 0 Å². The Bertz CT molecular complexity index is 1210. The van der Waals surface area contributed by atoms with Crippen molar-refractivity contribution in [2.75, 3.05) is 11.8 Å². The molecule has 2 aromatic carbocycles. The molecule has 2 N–H and O–H groups in total. The number of hydrogen-bond donors (Lipinski definition) is 2. The lowest BCUT2D eigenvalue weighted by molar-refractivity contribution is 0.415. The van der Waals surface area contributed by atoms with Gasteiger partial charge in [0.1, 0.15) is 9.96 Å². The molecule has 7 nitrogen and oxygen atoms in total. The van der Waals surface area contributed by atoms with Crippen molar-refractivity contribution in [3.8, 4) is 27.6 Å². The molecule has 4 rings (SSSR count). The molecule has 2 aromatic heterocycles. The maximum Gasteiger partial charge on any atom is 0.271 e. The SMILES string of the molecule is COc1cccc(-c2ccc(S(=O)(=O)Nc3cccc(-c4nn(C)[nH]4)c3)s2)c1. The number of methoxy groups -OCH3 is 1. The van der Waals surface area contributed by atoms with Gasteiger partial charge in [0.2, 0.25) is 0 Å². The monoisotopic (exact) mass is 414 g/mol. The van der Waals surface area contributed by atoms with Gasteiger partial charge in [-0.25, -0.2) is 13.2 Å². The van der Waals surface area contributed by atoms with Crippen molar-refractivity contribution >= 4 is 27.0 Å². The van der Waals surface area contributed by atoms with Gasteiger partial charge in [-0.05, 0) is 42.0 Å². The second-order valence-corrected chi connectivity index (χ2v) is 9.11. The summed E-state index contributed by atoms with van der Waals surface area (Å²) in [4.78, 5) is 2.43. The van der Waals surface area contributed by atoms with Gasteiger partial charge in [0.25, 0.3) is 10.0 Å². The summed E-state index contributed by atoms with van der Waals surface area (Å²) in [6.45, 7) is 0. The summed E-state index contributed by atoms with van der Waals surface area (Å²) in [5, 5.41) is 7.20. The van der Waals surface area contributed by atoms with Crippen LogP contribution in [0.2, 0.25) is 0 Å². The normalized spacial score (nSPS) is 11.5. The van der Waals surface area contributed by atoms with E-state index in [0.29, 0.717) is 11.5 Å². The molecule has 0 saturated carbocycles. The zero-order chi connectivity index (χ0) is 19.7. The molecule has 4 aromatic rings. The van der Waals surface area contributed by atoms with E-state index in [-0.39, 0.29) is 4.21 Å². The number of H-pyrrole nitrogens is 1. The first-order chi connectivity index (χ1) is 13.4. The van der Waals surface area contributed by atoms with E-state index in [0.717, 1.165) is 21.8 Å². The third kappa shape index (κ3) is 3.67. The number of hydrogen-bond acceptors (Lipinski definition) is 5. The standard InChI is InChI=1S/C19H18N4O3S2/c1-23-20-19(21-23)14-6-3-7-15(11-14)22-28(24,25)18-10-9-17(27-18)13-5-4-8-16(12-13)26-2/h3-12,22H,1-2H3,(H,20,21). The number of aromatic nitrogens is 3. The molecular formula is C19H18N4O3S2. The van der Waals surface area contributed by atoms with Gasteiger partial charge in [-0.1, -0.05) is 24.3 Å².